The number of hydrogen-bond donors (Lipinski definition) is 4. The Bertz CT molecular complexity index is 928. The van der Waals surface area contributed by atoms with Gasteiger partial charge in [-0.25, -0.2) is 0 Å². The van der Waals surface area contributed by atoms with Crippen molar-refractivity contribution in [3.63, 3.8) is 0 Å². The third-order valence-electron chi connectivity index (χ3n) is 10.9. The lowest BCUT2D eigenvalue weighted by atomic mass is 9.99. The zero-order chi connectivity index (χ0) is 40.9. The standard InChI is InChI=1S/C46H86O10/c1-3-5-7-9-11-13-15-17-19-21-22-24-26-28-30-32-34-41(48)53-37-39(38-54-46-45(52)44(51)43(50)40(36-47)56-46)55-42(49)35-33-31-29-27-25-23-20-18-16-14-12-10-8-6-4-2/h25,27,39-40,43-47,50-52H,3-24,26,28-38H2,1-2H3/b27-25+/t39-,40-,43+,44?,45?,46-/m0/s1. The van der Waals surface area contributed by atoms with E-state index in [0.717, 1.165) is 38.5 Å². The maximum absolute atomic E-state index is 12.8. The van der Waals surface area contributed by atoms with Gasteiger partial charge >= 0.3 is 11.9 Å². The van der Waals surface area contributed by atoms with Crippen LogP contribution in [0.25, 0.3) is 0 Å². The van der Waals surface area contributed by atoms with Crippen molar-refractivity contribution in [1.29, 1.82) is 0 Å². The smallest absolute Gasteiger partial charge is 0.306 e. The first-order valence-corrected chi connectivity index (χ1v) is 23.3. The molecule has 1 rings (SSSR count). The fraction of sp³-hybridized carbons (Fsp3) is 0.913. The van der Waals surface area contributed by atoms with Gasteiger partial charge in [-0.2, -0.15) is 0 Å². The summed E-state index contributed by atoms with van der Waals surface area (Å²) >= 11 is 0. The number of ether oxygens (including phenoxy) is 4. The van der Waals surface area contributed by atoms with Crippen molar-refractivity contribution in [3.05, 3.63) is 12.2 Å². The van der Waals surface area contributed by atoms with Gasteiger partial charge in [0.15, 0.2) is 12.4 Å². The number of aliphatic hydroxyl groups excluding tert-OH is 4. The largest absolute Gasteiger partial charge is 0.462 e. The Balaban J connectivity index is 2.32. The summed E-state index contributed by atoms with van der Waals surface area (Å²) in [4.78, 5) is 25.3. The Morgan fingerprint density at radius 3 is 1.43 bits per heavy atom. The first-order valence-electron chi connectivity index (χ1n) is 23.3. The lowest BCUT2D eigenvalue weighted by Crippen LogP contribution is -2.59. The highest BCUT2D eigenvalue weighted by molar-refractivity contribution is 5.70. The monoisotopic (exact) mass is 799 g/mol. The number of allylic oxidation sites excluding steroid dienone is 2. The minimum Gasteiger partial charge on any atom is -0.462 e. The van der Waals surface area contributed by atoms with Gasteiger partial charge in [-0.15, -0.1) is 0 Å². The molecule has 0 aromatic carbocycles. The van der Waals surface area contributed by atoms with Crippen LogP contribution in [0.2, 0.25) is 0 Å². The molecular weight excluding hydrogens is 712 g/mol. The molecule has 1 aliphatic heterocycles. The van der Waals surface area contributed by atoms with Gasteiger partial charge in [0.25, 0.3) is 0 Å². The SMILES string of the molecule is CCCCCCCCCCC/C=C/CCCCC(=O)O[C@@H](COC(=O)CCCCCCCCCCCCCCCCCC)CO[C@H]1O[C@@H](CO)[C@@H](O)C(O)C1O. The normalized spacial score (nSPS) is 20.4. The second kappa shape index (κ2) is 37.7. The van der Waals surface area contributed by atoms with Crippen molar-refractivity contribution in [3.8, 4) is 0 Å². The van der Waals surface area contributed by atoms with Crippen LogP contribution in [0.15, 0.2) is 12.2 Å². The molecule has 0 aromatic rings. The van der Waals surface area contributed by atoms with Crippen LogP contribution in [0.3, 0.4) is 0 Å². The molecule has 1 aliphatic rings. The Hall–Kier alpha value is -1.56. The number of carbonyl (C=O) groups excluding carboxylic acids is 2. The van der Waals surface area contributed by atoms with Gasteiger partial charge in [0, 0.05) is 12.8 Å². The number of carbonyl (C=O) groups is 2. The van der Waals surface area contributed by atoms with Gasteiger partial charge in [0.1, 0.15) is 31.0 Å². The van der Waals surface area contributed by atoms with E-state index >= 15 is 0 Å². The molecule has 0 amide bonds. The van der Waals surface area contributed by atoms with E-state index in [1.807, 2.05) is 0 Å². The Morgan fingerprint density at radius 2 is 0.946 bits per heavy atom. The van der Waals surface area contributed by atoms with Crippen LogP contribution in [-0.4, -0.2) is 89.0 Å². The van der Waals surface area contributed by atoms with Crippen LogP contribution >= 0.6 is 0 Å². The molecule has 56 heavy (non-hydrogen) atoms. The summed E-state index contributed by atoms with van der Waals surface area (Å²) in [5, 5.41) is 40.1. The first-order chi connectivity index (χ1) is 27.3. The van der Waals surface area contributed by atoms with E-state index in [1.54, 1.807) is 0 Å². The molecule has 330 valence electrons. The predicted octanol–water partition coefficient (Wildman–Crippen LogP) is 9.95. The van der Waals surface area contributed by atoms with E-state index in [4.69, 9.17) is 18.9 Å². The number of unbranched alkanes of at least 4 members (excludes halogenated alkanes) is 26. The van der Waals surface area contributed by atoms with E-state index in [1.165, 1.54) is 141 Å². The lowest BCUT2D eigenvalue weighted by molar-refractivity contribution is -0.305. The van der Waals surface area contributed by atoms with Crippen molar-refractivity contribution >= 4 is 11.9 Å². The fourth-order valence-corrected chi connectivity index (χ4v) is 7.18. The average Bonchev–Trinajstić information content (AvgIpc) is 3.19. The van der Waals surface area contributed by atoms with E-state index < -0.39 is 49.4 Å². The molecule has 4 N–H and O–H groups in total. The zero-order valence-electron chi connectivity index (χ0n) is 35.9. The summed E-state index contributed by atoms with van der Waals surface area (Å²) in [5.74, 6) is -0.821. The summed E-state index contributed by atoms with van der Waals surface area (Å²) in [6.07, 6.45) is 32.2. The second-order valence-electron chi connectivity index (χ2n) is 16.2. The molecule has 10 nitrogen and oxygen atoms in total. The molecule has 1 heterocycles. The molecule has 2 unspecified atom stereocenters. The minimum absolute atomic E-state index is 0.204. The highest BCUT2D eigenvalue weighted by atomic mass is 16.7. The van der Waals surface area contributed by atoms with Crippen molar-refractivity contribution in [2.24, 2.45) is 0 Å². The van der Waals surface area contributed by atoms with Crippen LogP contribution in [0.1, 0.15) is 213 Å². The molecule has 1 saturated heterocycles. The molecule has 0 aromatic heterocycles. The van der Waals surface area contributed by atoms with Gasteiger partial charge < -0.3 is 39.4 Å². The Morgan fingerprint density at radius 1 is 0.536 bits per heavy atom. The molecule has 0 bridgehead atoms. The Labute approximate surface area is 341 Å². The van der Waals surface area contributed by atoms with Gasteiger partial charge in [-0.05, 0) is 38.5 Å². The highest BCUT2D eigenvalue weighted by Crippen LogP contribution is 2.23. The molecule has 0 radical (unpaired) electrons. The lowest BCUT2D eigenvalue weighted by Gasteiger charge is -2.39. The van der Waals surface area contributed by atoms with Crippen LogP contribution < -0.4 is 0 Å². The summed E-state index contributed by atoms with van der Waals surface area (Å²) in [7, 11) is 0. The summed E-state index contributed by atoms with van der Waals surface area (Å²) in [5.41, 5.74) is 0. The number of rotatable bonds is 39. The van der Waals surface area contributed by atoms with Crippen LogP contribution in [0.5, 0.6) is 0 Å². The zero-order valence-corrected chi connectivity index (χ0v) is 35.9. The van der Waals surface area contributed by atoms with Crippen LogP contribution in [0.4, 0.5) is 0 Å². The molecule has 10 heteroatoms. The van der Waals surface area contributed by atoms with Crippen LogP contribution in [0, 0.1) is 0 Å². The fourth-order valence-electron chi connectivity index (χ4n) is 7.18. The number of hydrogen-bond acceptors (Lipinski definition) is 10. The first kappa shape index (κ1) is 52.5. The van der Waals surface area contributed by atoms with Gasteiger partial charge in [-0.1, -0.05) is 174 Å². The summed E-state index contributed by atoms with van der Waals surface area (Å²) < 4.78 is 22.2. The summed E-state index contributed by atoms with van der Waals surface area (Å²) in [6.45, 7) is 3.43. The number of esters is 2. The third kappa shape index (κ3) is 28.8. The topological polar surface area (TPSA) is 152 Å². The van der Waals surface area contributed by atoms with E-state index in [9.17, 15) is 30.0 Å². The minimum atomic E-state index is -1.59. The molecular formula is C46H86O10. The van der Waals surface area contributed by atoms with Gasteiger partial charge in [-0.3, -0.25) is 9.59 Å². The molecule has 0 spiro atoms. The molecule has 0 saturated carbocycles. The predicted molar refractivity (Wildman–Crippen MR) is 224 cm³/mol. The Kier molecular flexibility index (Phi) is 35.3. The molecule has 1 fully saturated rings. The van der Waals surface area contributed by atoms with Crippen molar-refractivity contribution in [2.45, 2.75) is 250 Å². The highest BCUT2D eigenvalue weighted by Gasteiger charge is 2.44. The van der Waals surface area contributed by atoms with Crippen molar-refractivity contribution in [2.75, 3.05) is 19.8 Å². The maximum Gasteiger partial charge on any atom is 0.306 e. The third-order valence-corrected chi connectivity index (χ3v) is 10.9. The molecule has 0 aliphatic carbocycles. The number of aliphatic hydroxyl groups is 4. The quantitative estimate of drug-likeness (QED) is 0.0269. The van der Waals surface area contributed by atoms with Gasteiger partial charge in [0.05, 0.1) is 13.2 Å². The maximum atomic E-state index is 12.8. The van der Waals surface area contributed by atoms with Crippen molar-refractivity contribution < 1.29 is 49.0 Å². The second-order valence-corrected chi connectivity index (χ2v) is 16.2. The van der Waals surface area contributed by atoms with E-state index in [-0.39, 0.29) is 32.0 Å². The van der Waals surface area contributed by atoms with Crippen LogP contribution in [-0.2, 0) is 28.5 Å². The van der Waals surface area contributed by atoms with E-state index in [2.05, 4.69) is 26.0 Å². The van der Waals surface area contributed by atoms with E-state index in [0.29, 0.717) is 6.42 Å². The van der Waals surface area contributed by atoms with Crippen molar-refractivity contribution in [1.82, 2.24) is 0 Å². The van der Waals surface area contributed by atoms with Gasteiger partial charge in [0.2, 0.25) is 0 Å². The molecule has 6 atom stereocenters. The summed E-state index contributed by atoms with van der Waals surface area (Å²) in [6, 6.07) is 0. The average molecular weight is 799 g/mol.